The molecule has 0 bridgehead atoms. The number of nitrogens with one attached hydrogen (secondary N) is 1. The smallest absolute Gasteiger partial charge is 0.283 e. The zero-order chi connectivity index (χ0) is 21.6. The minimum Gasteiger partial charge on any atom is -0.384 e. The summed E-state index contributed by atoms with van der Waals surface area (Å²) < 4.78 is 15.9. The van der Waals surface area contributed by atoms with Gasteiger partial charge in [0, 0.05) is 11.5 Å². The van der Waals surface area contributed by atoms with Gasteiger partial charge in [0.2, 0.25) is 5.91 Å². The molecule has 4 aromatic rings. The van der Waals surface area contributed by atoms with Crippen LogP contribution in [-0.2, 0) is 16.8 Å². The van der Waals surface area contributed by atoms with Crippen LogP contribution in [0.1, 0.15) is 26.5 Å². The van der Waals surface area contributed by atoms with Crippen molar-refractivity contribution in [2.24, 2.45) is 0 Å². The Hall–Kier alpha value is -3.82. The quantitative estimate of drug-likeness (QED) is 0.535. The van der Waals surface area contributed by atoms with Crippen LogP contribution < -0.4 is 16.6 Å². The third-order valence-electron chi connectivity index (χ3n) is 4.61. The lowest BCUT2D eigenvalue weighted by Gasteiger charge is -2.13. The van der Waals surface area contributed by atoms with Crippen molar-refractivity contribution in [1.82, 2.24) is 24.1 Å². The zero-order valence-corrected chi connectivity index (χ0v) is 16.7. The lowest BCUT2D eigenvalue weighted by Crippen LogP contribution is -2.25. The fraction of sp³-hybridized carbons (Fsp3) is 0.250. The maximum atomic E-state index is 13.1. The predicted octanol–water partition coefficient (Wildman–Crippen LogP) is 2.10. The highest BCUT2D eigenvalue weighted by molar-refractivity contribution is 5.91. The molecule has 4 heterocycles. The molecule has 0 atom stereocenters. The number of hydrogen-bond acceptors (Lipinski definition) is 6. The van der Waals surface area contributed by atoms with Gasteiger partial charge in [-0.15, -0.1) is 0 Å². The summed E-state index contributed by atoms with van der Waals surface area (Å²) in [6.07, 6.45) is 1.01. The summed E-state index contributed by atoms with van der Waals surface area (Å²) >= 11 is 0. The van der Waals surface area contributed by atoms with E-state index in [-0.39, 0.29) is 40.2 Å². The Morgan fingerprint density at radius 1 is 1.23 bits per heavy atom. The summed E-state index contributed by atoms with van der Waals surface area (Å²) in [5, 5.41) is 7.35. The van der Waals surface area contributed by atoms with Gasteiger partial charge in [-0.25, -0.2) is 14.4 Å². The van der Waals surface area contributed by atoms with Crippen molar-refractivity contribution < 1.29 is 9.18 Å². The zero-order valence-electron chi connectivity index (χ0n) is 16.7. The molecule has 0 aromatic carbocycles. The molecule has 10 heteroatoms. The number of carbonyl (C=O) groups excluding carboxylic acids is 1. The van der Waals surface area contributed by atoms with Crippen LogP contribution in [0.15, 0.2) is 41.3 Å². The SMILES string of the molecule is CC(C)(C)c1cc2n(CC(=O)Nc3ccc(F)cn3)c3nc(N)ccc3c(=O)n2n1. The fourth-order valence-corrected chi connectivity index (χ4v) is 3.07. The molecule has 0 radical (unpaired) electrons. The van der Waals surface area contributed by atoms with Crippen LogP contribution in [0.3, 0.4) is 0 Å². The molecule has 154 valence electrons. The van der Waals surface area contributed by atoms with E-state index in [1.165, 1.54) is 22.7 Å². The first-order chi connectivity index (χ1) is 14.1. The molecule has 3 N–H and O–H groups in total. The number of pyridine rings is 2. The second-order valence-electron chi connectivity index (χ2n) is 7.96. The van der Waals surface area contributed by atoms with Gasteiger partial charge in [0.15, 0.2) is 0 Å². The van der Waals surface area contributed by atoms with Crippen LogP contribution in [0.5, 0.6) is 0 Å². The number of hydrogen-bond donors (Lipinski definition) is 2. The number of amides is 1. The number of nitrogens with two attached hydrogens (primary N) is 1. The number of anilines is 2. The fourth-order valence-electron chi connectivity index (χ4n) is 3.07. The van der Waals surface area contributed by atoms with E-state index in [0.29, 0.717) is 11.3 Å². The molecule has 0 saturated carbocycles. The van der Waals surface area contributed by atoms with Crippen molar-refractivity contribution in [2.45, 2.75) is 32.7 Å². The van der Waals surface area contributed by atoms with Gasteiger partial charge in [-0.05, 0) is 24.3 Å². The van der Waals surface area contributed by atoms with Gasteiger partial charge in [-0.3, -0.25) is 9.59 Å². The van der Waals surface area contributed by atoms with Gasteiger partial charge in [0.1, 0.15) is 35.3 Å². The molecule has 30 heavy (non-hydrogen) atoms. The van der Waals surface area contributed by atoms with Gasteiger partial charge in [0.05, 0.1) is 17.3 Å². The van der Waals surface area contributed by atoms with E-state index in [4.69, 9.17) is 5.73 Å². The van der Waals surface area contributed by atoms with Gasteiger partial charge in [-0.1, -0.05) is 20.8 Å². The number of aromatic nitrogens is 5. The van der Waals surface area contributed by atoms with Crippen LogP contribution >= 0.6 is 0 Å². The second-order valence-corrected chi connectivity index (χ2v) is 7.96. The maximum absolute atomic E-state index is 13.1. The van der Waals surface area contributed by atoms with Crippen LogP contribution in [0, 0.1) is 5.82 Å². The summed E-state index contributed by atoms with van der Waals surface area (Å²) in [5.41, 5.74) is 6.56. The summed E-state index contributed by atoms with van der Waals surface area (Å²) in [5.74, 6) is -0.506. The van der Waals surface area contributed by atoms with E-state index in [1.807, 2.05) is 20.8 Å². The summed E-state index contributed by atoms with van der Waals surface area (Å²) in [7, 11) is 0. The molecule has 0 fully saturated rings. The average molecular weight is 409 g/mol. The van der Waals surface area contributed by atoms with Crippen molar-refractivity contribution in [3.8, 4) is 0 Å². The lowest BCUT2D eigenvalue weighted by molar-refractivity contribution is -0.116. The Kier molecular flexibility index (Phi) is 4.49. The van der Waals surface area contributed by atoms with E-state index in [0.717, 1.165) is 6.20 Å². The van der Waals surface area contributed by atoms with E-state index in [9.17, 15) is 14.0 Å². The minimum absolute atomic E-state index is 0.176. The molecular formula is C20H20FN7O2. The van der Waals surface area contributed by atoms with Crippen molar-refractivity contribution >= 4 is 34.2 Å². The first-order valence-electron chi connectivity index (χ1n) is 9.24. The highest BCUT2D eigenvalue weighted by Gasteiger charge is 2.22. The van der Waals surface area contributed by atoms with Crippen molar-refractivity contribution in [3.05, 3.63) is 58.4 Å². The molecule has 0 unspecified atom stereocenters. The Labute approximate surface area is 170 Å². The molecule has 0 aliphatic rings. The number of carbonyl (C=O) groups is 1. The van der Waals surface area contributed by atoms with Crippen molar-refractivity contribution in [1.29, 1.82) is 0 Å². The molecule has 0 aliphatic carbocycles. The topological polar surface area (TPSA) is 120 Å². The molecule has 9 nitrogen and oxygen atoms in total. The Morgan fingerprint density at radius 2 is 2.00 bits per heavy atom. The molecule has 0 saturated heterocycles. The van der Waals surface area contributed by atoms with Crippen LogP contribution in [0.4, 0.5) is 16.0 Å². The largest absolute Gasteiger partial charge is 0.384 e. The number of nitrogen functional groups attached to an aromatic ring is 1. The monoisotopic (exact) mass is 409 g/mol. The van der Waals surface area contributed by atoms with Crippen LogP contribution in [0.2, 0.25) is 0 Å². The molecule has 0 spiro atoms. The molecule has 1 amide bonds. The van der Waals surface area contributed by atoms with Gasteiger partial charge < -0.3 is 15.6 Å². The van der Waals surface area contributed by atoms with Crippen molar-refractivity contribution in [3.63, 3.8) is 0 Å². The van der Waals surface area contributed by atoms with Crippen LogP contribution in [0.25, 0.3) is 16.7 Å². The Balaban J connectivity index is 1.86. The Morgan fingerprint density at radius 3 is 2.67 bits per heavy atom. The second kappa shape index (κ2) is 6.90. The first kappa shape index (κ1) is 19.5. The van der Waals surface area contributed by atoms with Crippen LogP contribution in [-0.4, -0.2) is 30.1 Å². The molecule has 0 aliphatic heterocycles. The lowest BCUT2D eigenvalue weighted by atomic mass is 9.93. The highest BCUT2D eigenvalue weighted by atomic mass is 19.1. The first-order valence-corrected chi connectivity index (χ1v) is 9.24. The van der Waals surface area contributed by atoms with Gasteiger partial charge >= 0.3 is 0 Å². The van der Waals surface area contributed by atoms with E-state index in [1.54, 1.807) is 16.7 Å². The average Bonchev–Trinajstić information content (AvgIpc) is 3.13. The third-order valence-corrected chi connectivity index (χ3v) is 4.61. The maximum Gasteiger partial charge on any atom is 0.283 e. The van der Waals surface area contributed by atoms with Crippen molar-refractivity contribution in [2.75, 3.05) is 11.1 Å². The minimum atomic E-state index is -0.505. The normalized spacial score (nSPS) is 11.9. The van der Waals surface area contributed by atoms with E-state index in [2.05, 4.69) is 20.4 Å². The highest BCUT2D eigenvalue weighted by Crippen LogP contribution is 2.23. The number of fused-ring (bicyclic) bond motifs is 2. The number of rotatable bonds is 3. The van der Waals surface area contributed by atoms with E-state index < -0.39 is 11.7 Å². The summed E-state index contributed by atoms with van der Waals surface area (Å²) in [4.78, 5) is 33.8. The standard InChI is InChI=1S/C20H20FN7O2/c1-20(2,3)13-8-17-27(10-16(29)25-15-7-4-11(21)9-23-15)18-12(5-6-14(22)24-18)19(30)28(17)26-13/h4-9H,10H2,1-3H3,(H2,22,24)(H,23,25,29). The van der Waals surface area contributed by atoms with Gasteiger partial charge in [0.25, 0.3) is 5.56 Å². The summed E-state index contributed by atoms with van der Waals surface area (Å²) in [6.45, 7) is 5.76. The molecule has 4 rings (SSSR count). The molecule has 4 aromatic heterocycles. The number of halogens is 1. The van der Waals surface area contributed by atoms with E-state index >= 15 is 0 Å². The Bertz CT molecular complexity index is 1330. The molecular weight excluding hydrogens is 389 g/mol. The van der Waals surface area contributed by atoms with Gasteiger partial charge in [-0.2, -0.15) is 9.61 Å². The third kappa shape index (κ3) is 3.47. The predicted molar refractivity (Wildman–Crippen MR) is 111 cm³/mol. The summed E-state index contributed by atoms with van der Waals surface area (Å²) in [6, 6.07) is 7.41. The number of nitrogens with zero attached hydrogens (tertiary/aromatic N) is 5.